The normalized spacial score (nSPS) is 10.4. The molecule has 1 heterocycles. The van der Waals surface area contributed by atoms with Gasteiger partial charge in [0.1, 0.15) is 12.4 Å². The zero-order valence-electron chi connectivity index (χ0n) is 8.70. The van der Waals surface area contributed by atoms with Gasteiger partial charge < -0.3 is 14.8 Å². The molecule has 84 valence electrons. The Morgan fingerprint density at radius 3 is 2.88 bits per heavy atom. The van der Waals surface area contributed by atoms with E-state index < -0.39 is 5.82 Å². The van der Waals surface area contributed by atoms with Crippen molar-refractivity contribution in [3.8, 4) is 17.0 Å². The minimum Gasteiger partial charge on any atom is -0.494 e. The largest absolute Gasteiger partial charge is 0.494 e. The fourth-order valence-corrected chi connectivity index (χ4v) is 1.42. The van der Waals surface area contributed by atoms with Gasteiger partial charge in [0.15, 0.2) is 11.6 Å². The molecule has 0 aliphatic rings. The zero-order valence-corrected chi connectivity index (χ0v) is 8.70. The van der Waals surface area contributed by atoms with E-state index in [4.69, 9.17) is 9.84 Å². The number of aliphatic hydroxyl groups is 1. The number of hydrogen-bond acceptors (Lipinski definition) is 3. The molecule has 0 fully saturated rings. The maximum atomic E-state index is 13.4. The van der Waals surface area contributed by atoms with Crippen molar-refractivity contribution in [1.82, 2.24) is 9.97 Å². The highest BCUT2D eigenvalue weighted by Gasteiger charge is 2.07. The number of hydrogen-bond donors (Lipinski definition) is 2. The summed E-state index contributed by atoms with van der Waals surface area (Å²) < 4.78 is 18.2. The van der Waals surface area contributed by atoms with E-state index in [2.05, 4.69) is 9.97 Å². The lowest BCUT2D eigenvalue weighted by Crippen LogP contribution is -1.89. The van der Waals surface area contributed by atoms with E-state index in [1.54, 1.807) is 18.3 Å². The number of nitrogens with zero attached hydrogens (tertiary/aromatic N) is 1. The smallest absolute Gasteiger partial charge is 0.165 e. The molecule has 0 bridgehead atoms. The summed E-state index contributed by atoms with van der Waals surface area (Å²) >= 11 is 0. The average molecular weight is 222 g/mol. The summed E-state index contributed by atoms with van der Waals surface area (Å²) in [4.78, 5) is 6.80. The van der Waals surface area contributed by atoms with Gasteiger partial charge in [0, 0.05) is 5.56 Å². The monoisotopic (exact) mass is 222 g/mol. The Bertz CT molecular complexity index is 496. The summed E-state index contributed by atoms with van der Waals surface area (Å²) in [6.07, 6.45) is 1.55. The topological polar surface area (TPSA) is 58.1 Å². The number of rotatable bonds is 3. The molecule has 0 unspecified atom stereocenters. The second-order valence-electron chi connectivity index (χ2n) is 3.25. The zero-order chi connectivity index (χ0) is 11.5. The molecule has 2 aromatic rings. The van der Waals surface area contributed by atoms with E-state index in [0.717, 1.165) is 0 Å². The molecule has 0 atom stereocenters. The van der Waals surface area contributed by atoms with Gasteiger partial charge in [-0.1, -0.05) is 0 Å². The number of halogens is 1. The van der Waals surface area contributed by atoms with Crippen LogP contribution in [0.3, 0.4) is 0 Å². The lowest BCUT2D eigenvalue weighted by molar-refractivity contribution is 0.272. The minimum atomic E-state index is -0.430. The Morgan fingerprint density at radius 1 is 1.50 bits per heavy atom. The Kier molecular flexibility index (Phi) is 2.87. The van der Waals surface area contributed by atoms with Crippen molar-refractivity contribution in [2.24, 2.45) is 0 Å². The van der Waals surface area contributed by atoms with Crippen molar-refractivity contribution in [2.45, 2.75) is 6.61 Å². The molecule has 0 radical (unpaired) electrons. The van der Waals surface area contributed by atoms with Crippen molar-refractivity contribution in [1.29, 1.82) is 0 Å². The van der Waals surface area contributed by atoms with Gasteiger partial charge in [-0.05, 0) is 18.2 Å². The molecule has 2 rings (SSSR count). The number of imidazole rings is 1. The summed E-state index contributed by atoms with van der Waals surface area (Å²) in [5.74, 6) is 0.219. The number of H-pyrrole nitrogens is 1. The molecule has 0 saturated carbocycles. The highest BCUT2D eigenvalue weighted by Crippen LogP contribution is 2.24. The Hall–Kier alpha value is -1.88. The van der Waals surface area contributed by atoms with Crippen molar-refractivity contribution < 1.29 is 14.2 Å². The predicted molar refractivity (Wildman–Crippen MR) is 56.5 cm³/mol. The van der Waals surface area contributed by atoms with Crippen molar-refractivity contribution in [3.63, 3.8) is 0 Å². The van der Waals surface area contributed by atoms with Crippen LogP contribution in [0.1, 0.15) is 5.82 Å². The first-order valence-electron chi connectivity index (χ1n) is 4.73. The highest BCUT2D eigenvalue weighted by atomic mass is 19.1. The molecule has 0 aliphatic heterocycles. The molecule has 1 aromatic heterocycles. The summed E-state index contributed by atoms with van der Waals surface area (Å²) in [6.45, 7) is -0.168. The van der Waals surface area contributed by atoms with Gasteiger partial charge in [-0.15, -0.1) is 0 Å². The van der Waals surface area contributed by atoms with E-state index in [-0.39, 0.29) is 12.4 Å². The standard InChI is InChI=1S/C11H11FN2O2/c1-16-10-3-2-7(4-8(10)12)9-5-13-11(6-15)14-9/h2-5,15H,6H2,1H3,(H,13,14). The molecular formula is C11H11FN2O2. The molecule has 0 aliphatic carbocycles. The summed E-state index contributed by atoms with van der Waals surface area (Å²) in [7, 11) is 1.41. The third-order valence-corrected chi connectivity index (χ3v) is 2.24. The van der Waals surface area contributed by atoms with Gasteiger partial charge in [-0.25, -0.2) is 9.37 Å². The summed E-state index contributed by atoms with van der Waals surface area (Å²) in [5.41, 5.74) is 1.32. The number of benzene rings is 1. The van der Waals surface area contributed by atoms with Crippen LogP contribution in [0.5, 0.6) is 5.75 Å². The van der Waals surface area contributed by atoms with E-state index >= 15 is 0 Å². The maximum absolute atomic E-state index is 13.4. The quantitative estimate of drug-likeness (QED) is 0.831. The number of methoxy groups -OCH3 is 1. The second kappa shape index (κ2) is 4.32. The van der Waals surface area contributed by atoms with Gasteiger partial charge in [0.2, 0.25) is 0 Å². The molecule has 0 spiro atoms. The van der Waals surface area contributed by atoms with E-state index in [9.17, 15) is 4.39 Å². The third-order valence-electron chi connectivity index (χ3n) is 2.24. The van der Waals surface area contributed by atoms with Crippen LogP contribution in [0.25, 0.3) is 11.3 Å². The van der Waals surface area contributed by atoms with E-state index in [0.29, 0.717) is 17.1 Å². The molecular weight excluding hydrogens is 211 g/mol. The predicted octanol–water partition coefficient (Wildman–Crippen LogP) is 1.72. The van der Waals surface area contributed by atoms with Crippen molar-refractivity contribution in [3.05, 3.63) is 36.0 Å². The number of aromatic nitrogens is 2. The molecule has 4 nitrogen and oxygen atoms in total. The molecule has 16 heavy (non-hydrogen) atoms. The fourth-order valence-electron chi connectivity index (χ4n) is 1.42. The van der Waals surface area contributed by atoms with Crippen LogP contribution >= 0.6 is 0 Å². The molecule has 0 amide bonds. The number of aromatic amines is 1. The Morgan fingerprint density at radius 2 is 2.31 bits per heavy atom. The number of ether oxygens (including phenoxy) is 1. The van der Waals surface area contributed by atoms with Crippen LogP contribution in [0.2, 0.25) is 0 Å². The van der Waals surface area contributed by atoms with E-state index in [1.165, 1.54) is 13.2 Å². The first kappa shape index (κ1) is 10.6. The van der Waals surface area contributed by atoms with Crippen molar-refractivity contribution >= 4 is 0 Å². The molecule has 5 heteroatoms. The summed E-state index contributed by atoms with van der Waals surface area (Å²) in [6, 6.07) is 4.62. The van der Waals surface area contributed by atoms with Crippen LogP contribution in [-0.2, 0) is 6.61 Å². The van der Waals surface area contributed by atoms with Gasteiger partial charge >= 0.3 is 0 Å². The SMILES string of the molecule is COc1ccc(-c2cnc(CO)[nH]2)cc1F. The molecule has 0 saturated heterocycles. The van der Waals surface area contributed by atoms with Crippen LogP contribution in [0, 0.1) is 5.82 Å². The lowest BCUT2D eigenvalue weighted by atomic mass is 10.1. The fraction of sp³-hybridized carbons (Fsp3) is 0.182. The van der Waals surface area contributed by atoms with Crippen LogP contribution in [0.4, 0.5) is 4.39 Å². The van der Waals surface area contributed by atoms with Crippen LogP contribution in [0.15, 0.2) is 24.4 Å². The summed E-state index contributed by atoms with van der Waals surface area (Å²) in [5, 5.41) is 8.85. The maximum Gasteiger partial charge on any atom is 0.165 e. The lowest BCUT2D eigenvalue weighted by Gasteiger charge is -2.03. The van der Waals surface area contributed by atoms with Crippen LogP contribution < -0.4 is 4.74 Å². The Labute approximate surface area is 91.7 Å². The second-order valence-corrected chi connectivity index (χ2v) is 3.25. The van der Waals surface area contributed by atoms with Gasteiger partial charge in [0.05, 0.1) is 19.0 Å². The first-order valence-corrected chi connectivity index (χ1v) is 4.73. The Balaban J connectivity index is 2.37. The molecule has 1 aromatic carbocycles. The van der Waals surface area contributed by atoms with Gasteiger partial charge in [0.25, 0.3) is 0 Å². The minimum absolute atomic E-state index is 0.168. The van der Waals surface area contributed by atoms with Crippen LogP contribution in [-0.4, -0.2) is 22.2 Å². The number of nitrogens with one attached hydrogen (secondary N) is 1. The van der Waals surface area contributed by atoms with Gasteiger partial charge in [-0.3, -0.25) is 0 Å². The third kappa shape index (κ3) is 1.90. The van der Waals surface area contributed by atoms with Gasteiger partial charge in [-0.2, -0.15) is 0 Å². The average Bonchev–Trinajstić information content (AvgIpc) is 2.77. The number of aliphatic hydroxyl groups excluding tert-OH is 1. The van der Waals surface area contributed by atoms with Crippen molar-refractivity contribution in [2.75, 3.05) is 7.11 Å². The molecule has 2 N–H and O–H groups in total. The van der Waals surface area contributed by atoms with E-state index in [1.807, 2.05) is 0 Å². The highest BCUT2D eigenvalue weighted by molar-refractivity contribution is 5.59. The first-order chi connectivity index (χ1) is 7.74.